The Labute approximate surface area is 103 Å². The maximum Gasteiger partial charge on any atom is 0.338 e. The molecule has 3 unspecified atom stereocenters. The standard InChI is InChI=1S/C13H23NO3/c1-4-16-12(15)11-13(17-11)8-6-5-7-10(13)9-14(2)3/h10-11H,4-9H2,1-3H3. The fraction of sp³-hybridized carbons (Fsp3) is 0.923. The van der Waals surface area contributed by atoms with Gasteiger partial charge < -0.3 is 14.4 Å². The molecule has 0 aromatic carbocycles. The van der Waals surface area contributed by atoms with E-state index in [1.165, 1.54) is 12.8 Å². The van der Waals surface area contributed by atoms with Gasteiger partial charge in [-0.1, -0.05) is 12.8 Å². The van der Waals surface area contributed by atoms with Crippen molar-refractivity contribution in [2.45, 2.75) is 44.3 Å². The summed E-state index contributed by atoms with van der Waals surface area (Å²) in [6.45, 7) is 3.27. The highest BCUT2D eigenvalue weighted by Gasteiger charge is 2.65. The average Bonchev–Trinajstić information content (AvgIpc) is 2.97. The van der Waals surface area contributed by atoms with Gasteiger partial charge in [0.15, 0.2) is 6.10 Å². The smallest absolute Gasteiger partial charge is 0.338 e. The summed E-state index contributed by atoms with van der Waals surface area (Å²) in [4.78, 5) is 13.9. The second kappa shape index (κ2) is 4.94. The number of epoxide rings is 1. The number of nitrogens with zero attached hydrogens (tertiary/aromatic N) is 1. The lowest BCUT2D eigenvalue weighted by atomic mass is 9.76. The Morgan fingerprint density at radius 2 is 2.24 bits per heavy atom. The molecule has 0 amide bonds. The SMILES string of the molecule is CCOC(=O)C1OC12CCCCC2CN(C)C. The first kappa shape index (κ1) is 12.8. The largest absolute Gasteiger partial charge is 0.464 e. The first-order valence-corrected chi connectivity index (χ1v) is 6.59. The number of carbonyl (C=O) groups excluding carboxylic acids is 1. The maximum absolute atomic E-state index is 11.7. The van der Waals surface area contributed by atoms with Crippen molar-refractivity contribution in [2.24, 2.45) is 5.92 Å². The number of ether oxygens (including phenoxy) is 2. The van der Waals surface area contributed by atoms with Crippen molar-refractivity contribution < 1.29 is 14.3 Å². The van der Waals surface area contributed by atoms with E-state index in [1.807, 2.05) is 6.92 Å². The van der Waals surface area contributed by atoms with Gasteiger partial charge in [-0.15, -0.1) is 0 Å². The molecule has 98 valence electrons. The Hall–Kier alpha value is -0.610. The summed E-state index contributed by atoms with van der Waals surface area (Å²) in [5, 5.41) is 0. The molecule has 1 aliphatic heterocycles. The minimum Gasteiger partial charge on any atom is -0.464 e. The zero-order chi connectivity index (χ0) is 12.5. The van der Waals surface area contributed by atoms with Crippen LogP contribution in [0.2, 0.25) is 0 Å². The van der Waals surface area contributed by atoms with Gasteiger partial charge in [-0.3, -0.25) is 0 Å². The average molecular weight is 241 g/mol. The first-order valence-electron chi connectivity index (χ1n) is 6.59. The topological polar surface area (TPSA) is 42.1 Å². The lowest BCUT2D eigenvalue weighted by Crippen LogP contribution is -2.39. The molecule has 0 aromatic rings. The van der Waals surface area contributed by atoms with Crippen molar-refractivity contribution in [1.82, 2.24) is 4.90 Å². The molecule has 1 saturated heterocycles. The fourth-order valence-corrected chi connectivity index (χ4v) is 3.08. The van der Waals surface area contributed by atoms with Crippen molar-refractivity contribution in [3.8, 4) is 0 Å². The Balaban J connectivity index is 2.00. The van der Waals surface area contributed by atoms with E-state index in [1.54, 1.807) is 0 Å². The van der Waals surface area contributed by atoms with E-state index in [0.29, 0.717) is 12.5 Å². The van der Waals surface area contributed by atoms with E-state index < -0.39 is 0 Å². The normalized spacial score (nSPS) is 36.2. The van der Waals surface area contributed by atoms with Crippen molar-refractivity contribution in [2.75, 3.05) is 27.2 Å². The minimum atomic E-state index is -0.298. The predicted octanol–water partition coefficient (Wildman–Crippen LogP) is 1.44. The van der Waals surface area contributed by atoms with Crippen LogP contribution in [0.25, 0.3) is 0 Å². The number of carbonyl (C=O) groups is 1. The van der Waals surface area contributed by atoms with Gasteiger partial charge in [0.2, 0.25) is 0 Å². The van der Waals surface area contributed by atoms with E-state index in [-0.39, 0.29) is 17.7 Å². The molecule has 1 aliphatic carbocycles. The molecule has 3 atom stereocenters. The summed E-state index contributed by atoms with van der Waals surface area (Å²) in [7, 11) is 4.15. The van der Waals surface area contributed by atoms with Crippen LogP contribution in [0.15, 0.2) is 0 Å². The molecule has 2 rings (SSSR count). The van der Waals surface area contributed by atoms with Gasteiger partial charge in [-0.25, -0.2) is 4.79 Å². The third-order valence-corrected chi connectivity index (χ3v) is 3.87. The zero-order valence-electron chi connectivity index (χ0n) is 11.1. The third kappa shape index (κ3) is 2.47. The van der Waals surface area contributed by atoms with Gasteiger partial charge in [0, 0.05) is 12.5 Å². The van der Waals surface area contributed by atoms with Crippen LogP contribution in [0.1, 0.15) is 32.6 Å². The fourth-order valence-electron chi connectivity index (χ4n) is 3.08. The first-order chi connectivity index (χ1) is 8.10. The van der Waals surface area contributed by atoms with Crippen LogP contribution in [0.3, 0.4) is 0 Å². The van der Waals surface area contributed by atoms with E-state index in [2.05, 4.69) is 19.0 Å². The highest BCUT2D eigenvalue weighted by Crippen LogP contribution is 2.52. The van der Waals surface area contributed by atoms with Crippen LogP contribution in [0, 0.1) is 5.92 Å². The molecule has 2 fully saturated rings. The third-order valence-electron chi connectivity index (χ3n) is 3.87. The molecule has 0 radical (unpaired) electrons. The second-order valence-electron chi connectivity index (χ2n) is 5.41. The molecular formula is C13H23NO3. The van der Waals surface area contributed by atoms with Crippen LogP contribution in [-0.4, -0.2) is 49.8 Å². The number of hydrogen-bond acceptors (Lipinski definition) is 4. The molecule has 1 heterocycles. The monoisotopic (exact) mass is 241 g/mol. The molecule has 1 saturated carbocycles. The van der Waals surface area contributed by atoms with Crippen LogP contribution in [0.4, 0.5) is 0 Å². The number of rotatable bonds is 4. The van der Waals surface area contributed by atoms with E-state index >= 15 is 0 Å². The van der Waals surface area contributed by atoms with Crippen molar-refractivity contribution in [3.63, 3.8) is 0 Å². The highest BCUT2D eigenvalue weighted by molar-refractivity contribution is 5.79. The Bertz CT molecular complexity index is 292. The van der Waals surface area contributed by atoms with Gasteiger partial charge in [-0.05, 0) is 33.9 Å². The number of esters is 1. The predicted molar refractivity (Wildman–Crippen MR) is 64.7 cm³/mol. The van der Waals surface area contributed by atoms with Crippen molar-refractivity contribution in [3.05, 3.63) is 0 Å². The van der Waals surface area contributed by atoms with Crippen molar-refractivity contribution in [1.29, 1.82) is 0 Å². The van der Waals surface area contributed by atoms with Crippen LogP contribution < -0.4 is 0 Å². The Morgan fingerprint density at radius 3 is 2.88 bits per heavy atom. The molecule has 1 spiro atoms. The maximum atomic E-state index is 11.7. The summed E-state index contributed by atoms with van der Waals surface area (Å²) in [5.74, 6) is 0.304. The van der Waals surface area contributed by atoms with Crippen LogP contribution in [-0.2, 0) is 14.3 Å². The lowest BCUT2D eigenvalue weighted by molar-refractivity contribution is -0.144. The van der Waals surface area contributed by atoms with E-state index in [4.69, 9.17) is 9.47 Å². The molecule has 4 nitrogen and oxygen atoms in total. The summed E-state index contributed by atoms with van der Waals surface area (Å²) in [5.41, 5.74) is -0.200. The lowest BCUT2D eigenvalue weighted by Gasteiger charge is -2.31. The molecule has 4 heteroatoms. The quantitative estimate of drug-likeness (QED) is 0.552. The van der Waals surface area contributed by atoms with Gasteiger partial charge in [0.25, 0.3) is 0 Å². The summed E-state index contributed by atoms with van der Waals surface area (Å²) < 4.78 is 10.8. The highest BCUT2D eigenvalue weighted by atomic mass is 16.7. The minimum absolute atomic E-state index is 0.168. The number of hydrogen-bond donors (Lipinski definition) is 0. The molecule has 0 N–H and O–H groups in total. The molecule has 2 aliphatic rings. The van der Waals surface area contributed by atoms with Gasteiger partial charge in [-0.2, -0.15) is 0 Å². The van der Waals surface area contributed by atoms with E-state index in [9.17, 15) is 4.79 Å². The molecule has 0 aromatic heterocycles. The summed E-state index contributed by atoms with van der Waals surface area (Å²) in [6, 6.07) is 0. The molecule has 0 bridgehead atoms. The van der Waals surface area contributed by atoms with E-state index in [0.717, 1.165) is 19.4 Å². The van der Waals surface area contributed by atoms with Crippen LogP contribution >= 0.6 is 0 Å². The van der Waals surface area contributed by atoms with Gasteiger partial charge >= 0.3 is 5.97 Å². The second-order valence-corrected chi connectivity index (χ2v) is 5.41. The molecule has 17 heavy (non-hydrogen) atoms. The van der Waals surface area contributed by atoms with Gasteiger partial charge in [0.05, 0.1) is 6.61 Å². The Kier molecular flexibility index (Phi) is 3.73. The van der Waals surface area contributed by atoms with Gasteiger partial charge in [0.1, 0.15) is 5.60 Å². The summed E-state index contributed by atoms with van der Waals surface area (Å²) >= 11 is 0. The Morgan fingerprint density at radius 1 is 1.47 bits per heavy atom. The van der Waals surface area contributed by atoms with Crippen LogP contribution in [0.5, 0.6) is 0 Å². The zero-order valence-corrected chi connectivity index (χ0v) is 11.1. The molecular weight excluding hydrogens is 218 g/mol. The summed E-state index contributed by atoms with van der Waals surface area (Å²) in [6.07, 6.45) is 4.29. The van der Waals surface area contributed by atoms with Crippen molar-refractivity contribution >= 4 is 5.97 Å².